The smallest absolute Gasteiger partial charge is 0.410 e. The number of fused-ring (bicyclic) bond motifs is 1. The van der Waals surface area contributed by atoms with E-state index < -0.39 is 5.60 Å². The summed E-state index contributed by atoms with van der Waals surface area (Å²) in [6.07, 6.45) is 3.39. The SMILES string of the molecule is CC(C)(C)OC(=O)N1CCC(c2cnc3c(c2)NC(c2csc(COc4ccccc4)n2)N3)CC1. The molecule has 1 saturated heterocycles. The second-order valence-corrected chi connectivity index (χ2v) is 10.8. The minimum Gasteiger partial charge on any atom is -0.486 e. The zero-order chi connectivity index (χ0) is 24.4. The minimum atomic E-state index is -0.472. The Morgan fingerprint density at radius 1 is 1.17 bits per heavy atom. The fourth-order valence-corrected chi connectivity index (χ4v) is 5.04. The molecular weight excluding hydrogens is 462 g/mol. The second-order valence-electron chi connectivity index (χ2n) is 9.90. The lowest BCUT2D eigenvalue weighted by atomic mass is 9.90. The van der Waals surface area contributed by atoms with Gasteiger partial charge in [0.05, 0.1) is 11.4 Å². The van der Waals surface area contributed by atoms with Crippen LogP contribution < -0.4 is 15.4 Å². The summed E-state index contributed by atoms with van der Waals surface area (Å²) in [5.41, 5.74) is 2.63. The maximum Gasteiger partial charge on any atom is 0.410 e. The molecule has 1 unspecified atom stereocenters. The Labute approximate surface area is 209 Å². The fraction of sp³-hybridized carbons (Fsp3) is 0.423. The first-order valence-electron chi connectivity index (χ1n) is 12.0. The summed E-state index contributed by atoms with van der Waals surface area (Å²) in [5, 5.41) is 9.91. The average Bonchev–Trinajstić information content (AvgIpc) is 3.49. The zero-order valence-electron chi connectivity index (χ0n) is 20.3. The standard InChI is InChI=1S/C26H31N5O3S/c1-26(2,3)34-25(32)31-11-9-17(10-12-31)18-13-20-23(27-14-18)30-24(29-20)21-16-35-22(28-21)15-33-19-7-5-4-6-8-19/h4-8,13-14,16-17,24,29H,9-12,15H2,1-3H3,(H,27,30). The third-order valence-electron chi connectivity index (χ3n) is 6.08. The minimum absolute atomic E-state index is 0.122. The van der Waals surface area contributed by atoms with Gasteiger partial charge in [-0.05, 0) is 63.3 Å². The Kier molecular flexibility index (Phi) is 6.51. The van der Waals surface area contributed by atoms with Crippen molar-refractivity contribution in [3.63, 3.8) is 0 Å². The number of carbonyl (C=O) groups excluding carboxylic acids is 1. The van der Waals surface area contributed by atoms with Crippen molar-refractivity contribution in [1.29, 1.82) is 0 Å². The van der Waals surface area contributed by atoms with Crippen LogP contribution in [-0.2, 0) is 11.3 Å². The van der Waals surface area contributed by atoms with Crippen molar-refractivity contribution >= 4 is 28.9 Å². The summed E-state index contributed by atoms with van der Waals surface area (Å²) in [7, 11) is 0. The number of thiazole rings is 1. The van der Waals surface area contributed by atoms with Crippen molar-refractivity contribution < 1.29 is 14.3 Å². The Bertz CT molecular complexity index is 1170. The Balaban J connectivity index is 1.16. The van der Waals surface area contributed by atoms with E-state index in [4.69, 9.17) is 14.5 Å². The average molecular weight is 494 g/mol. The Morgan fingerprint density at radius 2 is 1.94 bits per heavy atom. The Hall–Kier alpha value is -3.33. The summed E-state index contributed by atoms with van der Waals surface area (Å²) in [5.74, 6) is 2.04. The van der Waals surface area contributed by atoms with Crippen LogP contribution in [0.15, 0.2) is 48.0 Å². The van der Waals surface area contributed by atoms with E-state index in [2.05, 4.69) is 21.7 Å². The van der Waals surface area contributed by atoms with Gasteiger partial charge in [-0.1, -0.05) is 18.2 Å². The molecule has 35 heavy (non-hydrogen) atoms. The van der Waals surface area contributed by atoms with Crippen LogP contribution in [0.25, 0.3) is 0 Å². The van der Waals surface area contributed by atoms with E-state index in [0.717, 1.165) is 40.8 Å². The van der Waals surface area contributed by atoms with Gasteiger partial charge in [-0.2, -0.15) is 0 Å². The summed E-state index contributed by atoms with van der Waals surface area (Å²) in [4.78, 5) is 23.6. The highest BCUT2D eigenvalue weighted by Crippen LogP contribution is 2.37. The molecule has 8 nitrogen and oxygen atoms in total. The molecule has 2 N–H and O–H groups in total. The van der Waals surface area contributed by atoms with Crippen molar-refractivity contribution in [2.75, 3.05) is 23.7 Å². The molecule has 2 aromatic heterocycles. The first-order chi connectivity index (χ1) is 16.8. The number of hydrogen-bond donors (Lipinski definition) is 2. The molecule has 1 aromatic carbocycles. The van der Waals surface area contributed by atoms with Crippen LogP contribution in [0, 0.1) is 0 Å². The van der Waals surface area contributed by atoms with Gasteiger partial charge in [0.1, 0.15) is 29.1 Å². The molecule has 1 amide bonds. The number of ether oxygens (including phenoxy) is 2. The summed E-state index contributed by atoms with van der Waals surface area (Å²) < 4.78 is 11.3. The topological polar surface area (TPSA) is 88.6 Å². The van der Waals surface area contributed by atoms with Gasteiger partial charge in [0, 0.05) is 24.7 Å². The first kappa shape index (κ1) is 23.4. The van der Waals surface area contributed by atoms with Crippen LogP contribution in [0.2, 0.25) is 0 Å². The molecule has 2 aliphatic rings. The van der Waals surface area contributed by atoms with Gasteiger partial charge in [-0.25, -0.2) is 14.8 Å². The van der Waals surface area contributed by atoms with Crippen molar-refractivity contribution in [3.05, 3.63) is 64.2 Å². The number of aromatic nitrogens is 2. The number of nitrogens with one attached hydrogen (secondary N) is 2. The highest BCUT2D eigenvalue weighted by Gasteiger charge is 2.29. The van der Waals surface area contributed by atoms with Crippen molar-refractivity contribution in [3.8, 4) is 5.75 Å². The fourth-order valence-electron chi connectivity index (χ4n) is 4.31. The third-order valence-corrected chi connectivity index (χ3v) is 6.92. The van der Waals surface area contributed by atoms with E-state index >= 15 is 0 Å². The van der Waals surface area contributed by atoms with Crippen LogP contribution in [0.1, 0.15) is 62.0 Å². The van der Waals surface area contributed by atoms with Crippen LogP contribution >= 0.6 is 11.3 Å². The summed E-state index contributed by atoms with van der Waals surface area (Å²) in [6, 6.07) is 11.9. The van der Waals surface area contributed by atoms with Gasteiger partial charge in [0.25, 0.3) is 0 Å². The lowest BCUT2D eigenvalue weighted by molar-refractivity contribution is 0.0205. The van der Waals surface area contributed by atoms with E-state index in [1.807, 2.05) is 62.7 Å². The molecule has 1 fully saturated rings. The molecule has 2 aliphatic heterocycles. The molecule has 0 spiro atoms. The molecule has 5 rings (SSSR count). The number of anilines is 2. The molecular formula is C26H31N5O3S. The molecule has 3 aromatic rings. The molecule has 0 bridgehead atoms. The largest absolute Gasteiger partial charge is 0.486 e. The molecule has 9 heteroatoms. The number of likely N-dealkylation sites (tertiary alicyclic amines) is 1. The number of para-hydroxylation sites is 1. The normalized spacial score (nSPS) is 17.9. The maximum atomic E-state index is 12.4. The predicted molar refractivity (Wildman–Crippen MR) is 137 cm³/mol. The van der Waals surface area contributed by atoms with Gasteiger partial charge in [-0.3, -0.25) is 0 Å². The van der Waals surface area contributed by atoms with Crippen LogP contribution in [0.5, 0.6) is 5.75 Å². The number of rotatable bonds is 5. The second kappa shape index (κ2) is 9.73. The highest BCUT2D eigenvalue weighted by molar-refractivity contribution is 7.09. The Morgan fingerprint density at radius 3 is 2.69 bits per heavy atom. The van der Waals surface area contributed by atoms with Gasteiger partial charge in [0.2, 0.25) is 0 Å². The van der Waals surface area contributed by atoms with Crippen molar-refractivity contribution in [2.45, 2.75) is 57.9 Å². The number of hydrogen-bond acceptors (Lipinski definition) is 8. The van der Waals surface area contributed by atoms with E-state index in [9.17, 15) is 4.79 Å². The lowest BCUT2D eigenvalue weighted by Gasteiger charge is -2.33. The van der Waals surface area contributed by atoms with Crippen molar-refractivity contribution in [1.82, 2.24) is 14.9 Å². The van der Waals surface area contributed by atoms with E-state index in [1.165, 1.54) is 5.56 Å². The quantitative estimate of drug-likeness (QED) is 0.467. The molecule has 184 valence electrons. The lowest BCUT2D eigenvalue weighted by Crippen LogP contribution is -2.41. The van der Waals surface area contributed by atoms with Crippen LogP contribution in [0.4, 0.5) is 16.3 Å². The third kappa shape index (κ3) is 5.67. The monoisotopic (exact) mass is 493 g/mol. The summed E-state index contributed by atoms with van der Waals surface area (Å²) in [6.45, 7) is 7.52. The molecule has 0 aliphatic carbocycles. The molecule has 0 radical (unpaired) electrons. The molecule has 4 heterocycles. The van der Waals surface area contributed by atoms with Gasteiger partial charge < -0.3 is 25.0 Å². The molecule has 0 saturated carbocycles. The maximum absolute atomic E-state index is 12.4. The van der Waals surface area contributed by atoms with Gasteiger partial charge >= 0.3 is 6.09 Å². The van der Waals surface area contributed by atoms with Crippen molar-refractivity contribution in [2.24, 2.45) is 0 Å². The highest BCUT2D eigenvalue weighted by atomic mass is 32.1. The van der Waals surface area contributed by atoms with Gasteiger partial charge in [0.15, 0.2) is 5.82 Å². The van der Waals surface area contributed by atoms with Crippen LogP contribution in [-0.4, -0.2) is 39.7 Å². The summed E-state index contributed by atoms with van der Waals surface area (Å²) >= 11 is 1.59. The number of carbonyl (C=O) groups is 1. The number of amides is 1. The number of pyridine rings is 1. The van der Waals surface area contributed by atoms with Gasteiger partial charge in [-0.15, -0.1) is 11.3 Å². The zero-order valence-corrected chi connectivity index (χ0v) is 21.1. The predicted octanol–water partition coefficient (Wildman–Crippen LogP) is 5.77. The number of benzene rings is 1. The van der Waals surface area contributed by atoms with E-state index in [0.29, 0.717) is 25.6 Å². The first-order valence-corrected chi connectivity index (χ1v) is 12.8. The van der Waals surface area contributed by atoms with Crippen LogP contribution in [0.3, 0.4) is 0 Å². The number of nitrogens with zero attached hydrogens (tertiary/aromatic N) is 3. The number of piperidine rings is 1. The molecule has 1 atom stereocenters. The van der Waals surface area contributed by atoms with E-state index in [-0.39, 0.29) is 12.3 Å². The van der Waals surface area contributed by atoms with E-state index in [1.54, 1.807) is 16.2 Å².